The third-order valence-corrected chi connectivity index (χ3v) is 13.2. The molecule has 5 atom stereocenters. The standard InChI is InChI=1S/C41H61F2N11O10S2/c1-6-8-10-15-31(55)50-40-52-53-41(65-40)66(63,64)54-32(56)22-46-39(62)34(57)26(20-30(42)43)47-35(58)28(19-25-13-11-9-12-14-25)49-38(61)33(24(5)7-2)51-36(59)27(18-23(3)4)48-37(60)29-21-44-16-17-45-29/h16-17,21,23-28,30,33H,6-15,18-20,22H2,1-5H3,(H,46,62)(H,47,58)(H,48,60)(H,49,61)(H,51,59)(H,54,56)(H,50,52,55)/t24?,26-,27-,28-,33?/m0/s1. The lowest BCUT2D eigenvalue weighted by Gasteiger charge is -2.31. The minimum atomic E-state index is -4.67. The largest absolute Gasteiger partial charge is 0.344 e. The summed E-state index contributed by atoms with van der Waals surface area (Å²) < 4.78 is 54.2. The number of nitrogens with zero attached hydrogens (tertiary/aromatic N) is 4. The highest BCUT2D eigenvalue weighted by atomic mass is 32.2. The molecule has 0 bridgehead atoms. The number of anilines is 1. The highest BCUT2D eigenvalue weighted by Crippen LogP contribution is 2.28. The summed E-state index contributed by atoms with van der Waals surface area (Å²) in [5, 5.41) is 21.3. The lowest BCUT2D eigenvalue weighted by molar-refractivity contribution is -0.141. The van der Waals surface area contributed by atoms with E-state index in [0.29, 0.717) is 37.0 Å². The first kappa shape index (κ1) is 54.7. The zero-order chi connectivity index (χ0) is 49.0. The topological polar surface area (TPSA) is 306 Å². The van der Waals surface area contributed by atoms with Crippen LogP contribution in [0.3, 0.4) is 0 Å². The second-order valence-corrected chi connectivity index (χ2v) is 19.4. The van der Waals surface area contributed by atoms with Crippen LogP contribution in [0.15, 0.2) is 22.9 Å². The van der Waals surface area contributed by atoms with Crippen LogP contribution >= 0.6 is 11.3 Å². The Morgan fingerprint density at radius 2 is 1.48 bits per heavy atom. The van der Waals surface area contributed by atoms with Gasteiger partial charge in [0, 0.05) is 25.2 Å². The summed E-state index contributed by atoms with van der Waals surface area (Å²) in [4.78, 5) is 113. The Hall–Kier alpha value is -5.59. The smallest absolute Gasteiger partial charge is 0.293 e. The molecule has 1 fully saturated rings. The van der Waals surface area contributed by atoms with Gasteiger partial charge < -0.3 is 31.9 Å². The summed E-state index contributed by atoms with van der Waals surface area (Å²) in [6.07, 6.45) is 6.38. The number of nitrogens with one attached hydrogen (secondary N) is 7. The SMILES string of the molecule is CCCCCC(=O)Nc1nnc(S(=O)(=O)NC(=O)CNC(=O)C(=O)[C@H](CC(F)F)NC(=O)[C@H](CC2CCCCC2)NC(=O)C(NC(=O)[C@H](CC(C)C)NC(=O)c2cnccn2)C(C)CC)s1. The third kappa shape index (κ3) is 18.4. The maximum absolute atomic E-state index is 14.1. The van der Waals surface area contributed by atoms with E-state index in [2.05, 4.69) is 46.7 Å². The van der Waals surface area contributed by atoms with Gasteiger partial charge in [-0.25, -0.2) is 18.5 Å². The number of hydrogen-bond acceptors (Lipinski definition) is 15. The van der Waals surface area contributed by atoms with Gasteiger partial charge in [-0.3, -0.25) is 43.3 Å². The number of ketones is 1. The molecule has 366 valence electrons. The van der Waals surface area contributed by atoms with E-state index >= 15 is 0 Å². The zero-order valence-corrected chi connectivity index (χ0v) is 39.3. The third-order valence-electron chi connectivity index (χ3n) is 10.7. The van der Waals surface area contributed by atoms with E-state index in [0.717, 1.165) is 32.1 Å². The molecular weight excluding hydrogens is 909 g/mol. The predicted molar refractivity (Wildman–Crippen MR) is 236 cm³/mol. The Morgan fingerprint density at radius 3 is 2.11 bits per heavy atom. The summed E-state index contributed by atoms with van der Waals surface area (Å²) in [6, 6.07) is -5.92. The average Bonchev–Trinajstić information content (AvgIpc) is 3.75. The average molecular weight is 970 g/mol. The van der Waals surface area contributed by atoms with Crippen molar-refractivity contribution in [2.24, 2.45) is 17.8 Å². The van der Waals surface area contributed by atoms with Crippen molar-refractivity contribution >= 4 is 73.6 Å². The molecule has 0 saturated heterocycles. The molecule has 2 unspecified atom stereocenters. The number of alkyl halides is 2. The molecule has 7 amide bonds. The molecule has 0 radical (unpaired) electrons. The van der Waals surface area contributed by atoms with Gasteiger partial charge in [0.2, 0.25) is 41.0 Å². The number of hydrogen-bond donors (Lipinski definition) is 7. The molecule has 1 aliphatic carbocycles. The number of aromatic nitrogens is 4. The molecule has 1 saturated carbocycles. The molecule has 25 heteroatoms. The first-order valence-electron chi connectivity index (χ1n) is 22.0. The minimum absolute atomic E-state index is 0.0285. The summed E-state index contributed by atoms with van der Waals surface area (Å²) in [6.45, 7) is 7.96. The number of unbranched alkanes of at least 4 members (excludes halogenated alkanes) is 2. The van der Waals surface area contributed by atoms with Crippen molar-refractivity contribution in [3.63, 3.8) is 0 Å². The maximum atomic E-state index is 14.1. The van der Waals surface area contributed by atoms with Gasteiger partial charge in [-0.15, -0.1) is 10.2 Å². The van der Waals surface area contributed by atoms with Crippen molar-refractivity contribution in [1.29, 1.82) is 0 Å². The van der Waals surface area contributed by atoms with Gasteiger partial charge in [0.25, 0.3) is 32.1 Å². The van der Waals surface area contributed by atoms with E-state index in [1.807, 2.05) is 26.1 Å². The van der Waals surface area contributed by atoms with Crippen LogP contribution in [0.4, 0.5) is 13.9 Å². The van der Waals surface area contributed by atoms with Crippen molar-refractivity contribution in [3.8, 4) is 0 Å². The van der Waals surface area contributed by atoms with Crippen LogP contribution in [0, 0.1) is 17.8 Å². The van der Waals surface area contributed by atoms with Crippen LogP contribution in [0.2, 0.25) is 0 Å². The quantitative estimate of drug-likeness (QED) is 0.0384. The highest BCUT2D eigenvalue weighted by molar-refractivity contribution is 7.92. The van der Waals surface area contributed by atoms with E-state index < -0.39 is 111 Å². The van der Waals surface area contributed by atoms with Gasteiger partial charge in [-0.05, 0) is 37.0 Å². The van der Waals surface area contributed by atoms with E-state index in [-0.39, 0.29) is 41.9 Å². The van der Waals surface area contributed by atoms with Crippen LogP contribution in [-0.4, -0.2) is 113 Å². The fraction of sp³-hybridized carbons (Fsp3) is 0.659. The number of Topliss-reactive ketones (excluding diaryl/α,β-unsaturated/α-hetero) is 1. The molecule has 0 spiro atoms. The number of rotatable bonds is 27. The van der Waals surface area contributed by atoms with E-state index in [1.54, 1.807) is 18.6 Å². The summed E-state index contributed by atoms with van der Waals surface area (Å²) >= 11 is 0.449. The highest BCUT2D eigenvalue weighted by Gasteiger charge is 2.37. The molecule has 1 aliphatic rings. The van der Waals surface area contributed by atoms with Gasteiger partial charge in [0.1, 0.15) is 29.9 Å². The second kappa shape index (κ2) is 27.1. The van der Waals surface area contributed by atoms with Crippen LogP contribution < -0.4 is 36.6 Å². The number of amides is 7. The molecule has 0 aromatic carbocycles. The molecular formula is C41H61F2N11O10S2. The van der Waals surface area contributed by atoms with Crippen molar-refractivity contribution in [3.05, 3.63) is 24.3 Å². The summed E-state index contributed by atoms with van der Waals surface area (Å²) in [7, 11) is -4.67. The molecule has 2 aromatic rings. The summed E-state index contributed by atoms with van der Waals surface area (Å²) in [5.74, 6) is -8.89. The fourth-order valence-corrected chi connectivity index (χ4v) is 8.86. The lowest BCUT2D eigenvalue weighted by Crippen LogP contribution is -2.60. The molecule has 21 nitrogen and oxygen atoms in total. The molecule has 3 rings (SSSR count). The van der Waals surface area contributed by atoms with E-state index in [9.17, 15) is 55.6 Å². The van der Waals surface area contributed by atoms with Crippen LogP contribution in [-0.2, 0) is 43.6 Å². The van der Waals surface area contributed by atoms with E-state index in [1.165, 1.54) is 18.6 Å². The first-order chi connectivity index (χ1) is 31.2. The fourth-order valence-electron chi connectivity index (χ4n) is 6.96. The van der Waals surface area contributed by atoms with E-state index in [4.69, 9.17) is 0 Å². The van der Waals surface area contributed by atoms with Crippen molar-refractivity contribution in [1.82, 2.24) is 51.5 Å². The number of halogens is 2. The number of carbonyl (C=O) groups excluding carboxylic acids is 8. The molecule has 2 aromatic heterocycles. The van der Waals surface area contributed by atoms with Crippen LogP contribution in [0.5, 0.6) is 0 Å². The maximum Gasteiger partial charge on any atom is 0.293 e. The van der Waals surface area contributed by atoms with Crippen molar-refractivity contribution in [2.75, 3.05) is 11.9 Å². The van der Waals surface area contributed by atoms with Gasteiger partial charge >= 0.3 is 0 Å². The van der Waals surface area contributed by atoms with Gasteiger partial charge in [0.05, 0.1) is 12.7 Å². The van der Waals surface area contributed by atoms with Crippen molar-refractivity contribution in [2.45, 2.75) is 153 Å². The summed E-state index contributed by atoms with van der Waals surface area (Å²) in [5.41, 5.74) is -0.0365. The second-order valence-electron chi connectivity index (χ2n) is 16.6. The Balaban J connectivity index is 1.73. The number of carbonyl (C=O) groups is 8. The molecule has 66 heavy (non-hydrogen) atoms. The van der Waals surface area contributed by atoms with Crippen LogP contribution in [0.25, 0.3) is 0 Å². The van der Waals surface area contributed by atoms with Crippen LogP contribution in [0.1, 0.15) is 129 Å². The van der Waals surface area contributed by atoms with Gasteiger partial charge in [-0.2, -0.15) is 8.42 Å². The Morgan fingerprint density at radius 1 is 0.803 bits per heavy atom. The monoisotopic (exact) mass is 969 g/mol. The van der Waals surface area contributed by atoms with Gasteiger partial charge in [-0.1, -0.05) is 97.3 Å². The Kier molecular flexibility index (Phi) is 22.5. The first-order valence-corrected chi connectivity index (χ1v) is 24.3. The van der Waals surface area contributed by atoms with Crippen molar-refractivity contribution < 1.29 is 55.6 Å². The minimum Gasteiger partial charge on any atom is -0.344 e. The molecule has 0 aliphatic heterocycles. The lowest BCUT2D eigenvalue weighted by atomic mass is 9.84. The Labute approximate surface area is 386 Å². The number of sulfonamides is 1. The Bertz CT molecular complexity index is 2090. The molecule has 2 heterocycles. The molecule has 7 N–H and O–H groups in total. The zero-order valence-electron chi connectivity index (χ0n) is 37.7. The normalized spacial score (nSPS) is 15.3. The van der Waals surface area contributed by atoms with Gasteiger partial charge in [0.15, 0.2) is 0 Å². The predicted octanol–water partition coefficient (Wildman–Crippen LogP) is 2.31.